The van der Waals surface area contributed by atoms with Crippen molar-refractivity contribution >= 4 is 11.9 Å². The van der Waals surface area contributed by atoms with Crippen molar-refractivity contribution in [2.24, 2.45) is 5.41 Å². The van der Waals surface area contributed by atoms with E-state index >= 15 is 0 Å². The predicted octanol–water partition coefficient (Wildman–Crippen LogP) is 0.517. The lowest BCUT2D eigenvalue weighted by molar-refractivity contribution is -0.149. The van der Waals surface area contributed by atoms with Crippen LogP contribution in [0.15, 0.2) is 0 Å². The number of amides is 1. The first-order valence-corrected chi connectivity index (χ1v) is 4.27. The molecule has 0 bridgehead atoms. The molecule has 0 aliphatic carbocycles. The van der Waals surface area contributed by atoms with Crippen LogP contribution in [-0.4, -0.2) is 23.5 Å². The Hall–Kier alpha value is -1.57. The Bertz CT molecular complexity index is 266. The minimum absolute atomic E-state index is 0.0756. The first kappa shape index (κ1) is 12.4. The van der Waals surface area contributed by atoms with E-state index in [4.69, 9.17) is 10.4 Å². The molecular formula is C9H14N2O3. The molecule has 78 valence electrons. The fraction of sp³-hybridized carbons (Fsp3) is 0.667. The molecule has 14 heavy (non-hydrogen) atoms. The van der Waals surface area contributed by atoms with Crippen LogP contribution in [0.3, 0.4) is 0 Å². The zero-order chi connectivity index (χ0) is 11.2. The van der Waals surface area contributed by atoms with E-state index in [2.05, 4.69) is 5.32 Å². The number of carbonyl (C=O) groups excluding carboxylic acids is 1. The number of nitrogens with one attached hydrogen (secondary N) is 1. The van der Waals surface area contributed by atoms with Gasteiger partial charge in [0.25, 0.3) is 0 Å². The molecule has 0 aliphatic rings. The number of nitrogens with zero attached hydrogens (tertiary/aromatic N) is 1. The van der Waals surface area contributed by atoms with E-state index < -0.39 is 11.4 Å². The molecule has 1 amide bonds. The van der Waals surface area contributed by atoms with Crippen LogP contribution in [0.25, 0.3) is 0 Å². The van der Waals surface area contributed by atoms with E-state index in [-0.39, 0.29) is 25.3 Å². The summed E-state index contributed by atoms with van der Waals surface area (Å²) in [5, 5.41) is 19.4. The molecule has 0 aromatic carbocycles. The maximum absolute atomic E-state index is 11.2. The van der Waals surface area contributed by atoms with Crippen molar-refractivity contribution in [2.75, 3.05) is 6.54 Å². The fourth-order valence-corrected chi connectivity index (χ4v) is 0.797. The molecule has 0 unspecified atom stereocenters. The summed E-state index contributed by atoms with van der Waals surface area (Å²) in [4.78, 5) is 21.8. The highest BCUT2D eigenvalue weighted by Crippen LogP contribution is 2.19. The van der Waals surface area contributed by atoms with Gasteiger partial charge in [-0.05, 0) is 13.8 Å². The molecule has 0 aliphatic heterocycles. The van der Waals surface area contributed by atoms with Crippen molar-refractivity contribution in [3.05, 3.63) is 0 Å². The van der Waals surface area contributed by atoms with Gasteiger partial charge in [-0.3, -0.25) is 9.59 Å². The molecule has 0 heterocycles. The molecule has 5 nitrogen and oxygen atoms in total. The number of aliphatic carboxylic acids is 1. The van der Waals surface area contributed by atoms with Gasteiger partial charge in [-0.25, -0.2) is 0 Å². The normalized spacial score (nSPS) is 10.4. The second-order valence-corrected chi connectivity index (χ2v) is 3.62. The highest BCUT2D eigenvalue weighted by Gasteiger charge is 2.29. The van der Waals surface area contributed by atoms with E-state index in [0.29, 0.717) is 0 Å². The zero-order valence-corrected chi connectivity index (χ0v) is 8.33. The number of carboxylic acid groups (broad SMARTS) is 1. The van der Waals surface area contributed by atoms with E-state index in [1.54, 1.807) is 0 Å². The number of nitriles is 1. The minimum atomic E-state index is -1.06. The van der Waals surface area contributed by atoms with Crippen LogP contribution < -0.4 is 5.32 Å². The van der Waals surface area contributed by atoms with Crippen LogP contribution in [0.4, 0.5) is 0 Å². The summed E-state index contributed by atoms with van der Waals surface area (Å²) in [6.45, 7) is 3.24. The van der Waals surface area contributed by atoms with Crippen molar-refractivity contribution in [2.45, 2.75) is 26.7 Å². The van der Waals surface area contributed by atoms with Crippen LogP contribution in [0.2, 0.25) is 0 Å². The highest BCUT2D eigenvalue weighted by atomic mass is 16.4. The molecule has 5 heteroatoms. The molecule has 0 aromatic heterocycles. The van der Waals surface area contributed by atoms with Gasteiger partial charge in [-0.1, -0.05) is 0 Å². The standard InChI is InChI=1S/C9H14N2O3/c1-9(2,8(13)14)6-7(12)11-5-3-4-10/h3,5-6H2,1-2H3,(H,11,12)(H,13,14). The Morgan fingerprint density at radius 1 is 1.50 bits per heavy atom. The summed E-state index contributed by atoms with van der Waals surface area (Å²) in [6, 6.07) is 1.88. The number of rotatable bonds is 5. The Morgan fingerprint density at radius 2 is 2.07 bits per heavy atom. The first-order chi connectivity index (χ1) is 6.40. The van der Waals surface area contributed by atoms with Crippen LogP contribution in [0.1, 0.15) is 26.7 Å². The quantitative estimate of drug-likeness (QED) is 0.630. The van der Waals surface area contributed by atoms with Crippen molar-refractivity contribution in [3.8, 4) is 6.07 Å². The van der Waals surface area contributed by atoms with E-state index in [0.717, 1.165) is 0 Å². The molecule has 0 saturated heterocycles. The molecule has 0 aromatic rings. The van der Waals surface area contributed by atoms with E-state index in [1.807, 2.05) is 6.07 Å². The van der Waals surface area contributed by atoms with Gasteiger partial charge < -0.3 is 10.4 Å². The summed E-state index contributed by atoms with van der Waals surface area (Å²) in [6.07, 6.45) is 0.160. The smallest absolute Gasteiger partial charge is 0.309 e. The largest absolute Gasteiger partial charge is 0.481 e. The number of carboxylic acids is 1. The van der Waals surface area contributed by atoms with Gasteiger partial charge in [-0.15, -0.1) is 0 Å². The number of carbonyl (C=O) groups is 2. The lowest BCUT2D eigenvalue weighted by Gasteiger charge is -2.17. The molecule has 0 spiro atoms. The van der Waals surface area contributed by atoms with Gasteiger partial charge in [0.15, 0.2) is 0 Å². The topological polar surface area (TPSA) is 90.2 Å². The molecule has 2 N–H and O–H groups in total. The molecule has 0 fully saturated rings. The van der Waals surface area contributed by atoms with Gasteiger partial charge in [0.1, 0.15) is 0 Å². The third-order valence-corrected chi connectivity index (χ3v) is 1.74. The van der Waals surface area contributed by atoms with Crippen LogP contribution in [0, 0.1) is 16.7 Å². The Kier molecular flexibility index (Phi) is 4.64. The average Bonchev–Trinajstić information content (AvgIpc) is 2.03. The summed E-state index contributed by atoms with van der Waals surface area (Å²) >= 11 is 0. The third kappa shape index (κ3) is 4.45. The van der Waals surface area contributed by atoms with E-state index in [9.17, 15) is 9.59 Å². The van der Waals surface area contributed by atoms with E-state index in [1.165, 1.54) is 13.8 Å². The van der Waals surface area contributed by atoms with Crippen molar-refractivity contribution in [1.29, 1.82) is 5.26 Å². The number of hydrogen-bond acceptors (Lipinski definition) is 3. The Labute approximate surface area is 82.7 Å². The zero-order valence-electron chi connectivity index (χ0n) is 8.33. The summed E-state index contributed by atoms with van der Waals surface area (Å²) < 4.78 is 0. The summed E-state index contributed by atoms with van der Waals surface area (Å²) in [5.74, 6) is -1.35. The van der Waals surface area contributed by atoms with Gasteiger partial charge in [-0.2, -0.15) is 5.26 Å². The van der Waals surface area contributed by atoms with Crippen molar-refractivity contribution in [1.82, 2.24) is 5.32 Å². The summed E-state index contributed by atoms with van der Waals surface area (Å²) in [7, 11) is 0. The maximum atomic E-state index is 11.2. The van der Waals surface area contributed by atoms with Crippen LogP contribution in [-0.2, 0) is 9.59 Å². The maximum Gasteiger partial charge on any atom is 0.309 e. The molecular weight excluding hydrogens is 184 g/mol. The second kappa shape index (κ2) is 5.22. The SMILES string of the molecule is CC(C)(CC(=O)NCCC#N)C(=O)O. The van der Waals surface area contributed by atoms with Gasteiger partial charge in [0, 0.05) is 13.0 Å². The average molecular weight is 198 g/mol. The first-order valence-electron chi connectivity index (χ1n) is 4.27. The third-order valence-electron chi connectivity index (χ3n) is 1.74. The fourth-order valence-electron chi connectivity index (χ4n) is 0.797. The number of hydrogen-bond donors (Lipinski definition) is 2. The molecule has 0 rings (SSSR count). The van der Waals surface area contributed by atoms with Gasteiger partial charge in [0.05, 0.1) is 17.9 Å². The minimum Gasteiger partial charge on any atom is -0.481 e. The predicted molar refractivity (Wildman–Crippen MR) is 49.3 cm³/mol. The monoisotopic (exact) mass is 198 g/mol. The van der Waals surface area contributed by atoms with Gasteiger partial charge in [0.2, 0.25) is 5.91 Å². The van der Waals surface area contributed by atoms with Gasteiger partial charge >= 0.3 is 5.97 Å². The molecule has 0 atom stereocenters. The Balaban J connectivity index is 3.95. The summed E-state index contributed by atoms with van der Waals surface area (Å²) in [5.41, 5.74) is -1.06. The van der Waals surface area contributed by atoms with Crippen molar-refractivity contribution in [3.63, 3.8) is 0 Å². The lowest BCUT2D eigenvalue weighted by Crippen LogP contribution is -2.33. The lowest BCUT2D eigenvalue weighted by atomic mass is 9.89. The molecule has 0 saturated carbocycles. The second-order valence-electron chi connectivity index (χ2n) is 3.62. The van der Waals surface area contributed by atoms with Crippen LogP contribution in [0.5, 0.6) is 0 Å². The van der Waals surface area contributed by atoms with Crippen LogP contribution >= 0.6 is 0 Å². The highest BCUT2D eigenvalue weighted by molar-refractivity contribution is 5.84. The molecule has 0 radical (unpaired) electrons. The Morgan fingerprint density at radius 3 is 2.50 bits per heavy atom. The van der Waals surface area contributed by atoms with Crippen molar-refractivity contribution < 1.29 is 14.7 Å².